The predicted molar refractivity (Wildman–Crippen MR) is 103 cm³/mol. The van der Waals surface area contributed by atoms with Crippen LogP contribution in [0.25, 0.3) is 0 Å². The Hall–Kier alpha value is -2.13. The molecule has 3 heterocycles. The summed E-state index contributed by atoms with van der Waals surface area (Å²) in [5.41, 5.74) is -0.0504. The molecule has 5 nitrogen and oxygen atoms in total. The summed E-state index contributed by atoms with van der Waals surface area (Å²) in [4.78, 5) is 11.9. The van der Waals surface area contributed by atoms with Crippen LogP contribution in [-0.2, 0) is 6.18 Å². The largest absolute Gasteiger partial charge is 0.417 e. The number of thiocarbonyl (C=S) groups is 1. The molecule has 1 aliphatic heterocycles. The lowest BCUT2D eigenvalue weighted by molar-refractivity contribution is -0.137. The van der Waals surface area contributed by atoms with Crippen LogP contribution in [0.2, 0.25) is 5.02 Å². The van der Waals surface area contributed by atoms with Crippen molar-refractivity contribution in [3.05, 3.63) is 47.4 Å². The van der Waals surface area contributed by atoms with Crippen LogP contribution < -0.4 is 10.2 Å². The van der Waals surface area contributed by atoms with E-state index in [1.807, 2.05) is 21.9 Å². The maximum Gasteiger partial charge on any atom is 0.417 e. The fourth-order valence-corrected chi connectivity index (χ4v) is 3.38. The van der Waals surface area contributed by atoms with E-state index in [0.29, 0.717) is 30.6 Å². The van der Waals surface area contributed by atoms with Gasteiger partial charge in [0, 0.05) is 38.6 Å². The van der Waals surface area contributed by atoms with Gasteiger partial charge in [0.05, 0.1) is 22.5 Å². The number of hydrogen-bond donors (Lipinski definition) is 1. The Balaban J connectivity index is 1.65. The maximum atomic E-state index is 12.8. The van der Waals surface area contributed by atoms with Crippen molar-refractivity contribution in [2.75, 3.05) is 36.4 Å². The summed E-state index contributed by atoms with van der Waals surface area (Å²) in [6.07, 6.45) is 0.489. The molecule has 1 fully saturated rings. The molecule has 0 bridgehead atoms. The molecule has 0 amide bonds. The van der Waals surface area contributed by atoms with Crippen LogP contribution in [-0.4, -0.2) is 46.2 Å². The summed E-state index contributed by atoms with van der Waals surface area (Å²) in [6.45, 7) is 2.50. The number of rotatable bonds is 2. The molecule has 27 heavy (non-hydrogen) atoms. The zero-order valence-electron chi connectivity index (χ0n) is 14.2. The average Bonchev–Trinajstić information content (AvgIpc) is 2.88. The van der Waals surface area contributed by atoms with E-state index >= 15 is 0 Å². The van der Waals surface area contributed by atoms with Crippen molar-refractivity contribution in [1.29, 1.82) is 0 Å². The first-order valence-electron chi connectivity index (χ1n) is 8.28. The van der Waals surface area contributed by atoms with Gasteiger partial charge in [-0.15, -0.1) is 0 Å². The van der Waals surface area contributed by atoms with Crippen molar-refractivity contribution in [3.8, 4) is 0 Å². The zero-order chi connectivity index (χ0) is 19.4. The number of nitrogens with zero attached hydrogens (tertiary/aromatic N) is 4. The molecule has 2 aromatic heterocycles. The van der Waals surface area contributed by atoms with Crippen LogP contribution in [0.1, 0.15) is 12.0 Å². The second-order valence-electron chi connectivity index (χ2n) is 6.03. The number of anilines is 2. The fourth-order valence-electron chi connectivity index (χ4n) is 2.79. The summed E-state index contributed by atoms with van der Waals surface area (Å²) in [7, 11) is 0. The van der Waals surface area contributed by atoms with E-state index in [1.165, 1.54) is 0 Å². The van der Waals surface area contributed by atoms with Crippen LogP contribution in [0.15, 0.2) is 36.8 Å². The van der Waals surface area contributed by atoms with Gasteiger partial charge in [-0.25, -0.2) is 4.98 Å². The topological polar surface area (TPSA) is 44.3 Å². The lowest BCUT2D eigenvalue weighted by atomic mass is 10.2. The highest BCUT2D eigenvalue weighted by Crippen LogP contribution is 2.33. The number of hydrogen-bond acceptors (Lipinski definition) is 4. The molecule has 0 atom stereocenters. The van der Waals surface area contributed by atoms with Gasteiger partial charge in [-0.05, 0) is 36.8 Å². The second kappa shape index (κ2) is 8.26. The van der Waals surface area contributed by atoms with E-state index in [1.54, 1.807) is 12.4 Å². The minimum absolute atomic E-state index is 0.00524. The summed E-state index contributed by atoms with van der Waals surface area (Å²) >= 11 is 11.5. The Kier molecular flexibility index (Phi) is 6.01. The highest BCUT2D eigenvalue weighted by atomic mass is 35.5. The van der Waals surface area contributed by atoms with Crippen molar-refractivity contribution < 1.29 is 13.2 Å². The van der Waals surface area contributed by atoms with E-state index in [4.69, 9.17) is 23.8 Å². The molecule has 0 radical (unpaired) electrons. The number of pyridine rings is 2. The zero-order valence-corrected chi connectivity index (χ0v) is 15.8. The van der Waals surface area contributed by atoms with Gasteiger partial charge in [0.2, 0.25) is 0 Å². The van der Waals surface area contributed by atoms with Gasteiger partial charge in [0.15, 0.2) is 5.11 Å². The summed E-state index contributed by atoms with van der Waals surface area (Å²) in [6, 6.07) is 4.60. The first-order valence-corrected chi connectivity index (χ1v) is 9.07. The van der Waals surface area contributed by atoms with Crippen LogP contribution in [0.3, 0.4) is 0 Å². The van der Waals surface area contributed by atoms with Crippen molar-refractivity contribution >= 4 is 40.4 Å². The van der Waals surface area contributed by atoms with Gasteiger partial charge in [0.1, 0.15) is 5.82 Å². The van der Waals surface area contributed by atoms with Gasteiger partial charge in [-0.1, -0.05) is 11.6 Å². The molecule has 1 saturated heterocycles. The highest BCUT2D eigenvalue weighted by Gasteiger charge is 2.32. The minimum Gasteiger partial charge on any atom is -0.354 e. The second-order valence-corrected chi connectivity index (χ2v) is 6.82. The monoisotopic (exact) mass is 415 g/mol. The third-order valence-corrected chi connectivity index (χ3v) is 4.78. The van der Waals surface area contributed by atoms with Crippen LogP contribution in [0.4, 0.5) is 24.7 Å². The minimum atomic E-state index is -4.46. The smallest absolute Gasteiger partial charge is 0.354 e. The van der Waals surface area contributed by atoms with Crippen LogP contribution in [0.5, 0.6) is 0 Å². The molecule has 0 aliphatic carbocycles. The van der Waals surface area contributed by atoms with E-state index in [-0.39, 0.29) is 5.02 Å². The van der Waals surface area contributed by atoms with Crippen molar-refractivity contribution in [3.63, 3.8) is 0 Å². The van der Waals surface area contributed by atoms with Gasteiger partial charge in [0.25, 0.3) is 0 Å². The highest BCUT2D eigenvalue weighted by molar-refractivity contribution is 7.80. The maximum absolute atomic E-state index is 12.8. The first-order chi connectivity index (χ1) is 12.8. The molecule has 0 unspecified atom stereocenters. The quantitative estimate of drug-likeness (QED) is 0.746. The Bertz CT molecular complexity index is 803. The van der Waals surface area contributed by atoms with Crippen LogP contribution >= 0.6 is 23.8 Å². The Morgan fingerprint density at radius 3 is 2.67 bits per heavy atom. The van der Waals surface area contributed by atoms with E-state index in [0.717, 1.165) is 30.9 Å². The number of alkyl halides is 3. The van der Waals surface area contributed by atoms with E-state index in [2.05, 4.69) is 15.3 Å². The first kappa shape index (κ1) is 19.6. The standard InChI is InChI=1S/C17H17ClF3N5S/c18-14-9-12(17(19,20)21)10-23-15(14)25-5-2-6-26(8-7-25)16(27)24-13-3-1-4-22-11-13/h1,3-4,9-11H,2,5-8H2,(H,24,27). The number of halogens is 4. The normalized spacial score (nSPS) is 15.4. The van der Waals surface area contributed by atoms with Gasteiger partial charge >= 0.3 is 6.18 Å². The third-order valence-electron chi connectivity index (χ3n) is 4.14. The number of nitrogens with one attached hydrogen (secondary N) is 1. The Morgan fingerprint density at radius 1 is 1.19 bits per heavy atom. The molecule has 2 aromatic rings. The van der Waals surface area contributed by atoms with Crippen molar-refractivity contribution in [2.24, 2.45) is 0 Å². The van der Waals surface area contributed by atoms with Gasteiger partial charge in [-0.3, -0.25) is 4.98 Å². The lowest BCUT2D eigenvalue weighted by Crippen LogP contribution is -2.38. The van der Waals surface area contributed by atoms with Crippen LogP contribution in [0, 0.1) is 0 Å². The molecular weight excluding hydrogens is 399 g/mol. The fraction of sp³-hybridized carbons (Fsp3) is 0.353. The molecule has 0 aromatic carbocycles. The van der Waals surface area contributed by atoms with Gasteiger partial charge in [-0.2, -0.15) is 13.2 Å². The average molecular weight is 416 g/mol. The van der Waals surface area contributed by atoms with E-state index < -0.39 is 11.7 Å². The lowest BCUT2D eigenvalue weighted by Gasteiger charge is -2.25. The predicted octanol–water partition coefficient (Wildman–Crippen LogP) is 4.06. The van der Waals surface area contributed by atoms with Gasteiger partial charge < -0.3 is 15.1 Å². The summed E-state index contributed by atoms with van der Waals surface area (Å²) in [5.74, 6) is 0.359. The molecule has 0 spiro atoms. The molecule has 3 rings (SSSR count). The SMILES string of the molecule is FC(F)(F)c1cnc(N2CCCN(C(=S)Nc3cccnc3)CC2)c(Cl)c1. The Labute approximate surface area is 165 Å². The molecule has 10 heteroatoms. The third kappa shape index (κ3) is 4.98. The molecule has 1 aliphatic rings. The summed E-state index contributed by atoms with van der Waals surface area (Å²) < 4.78 is 38.3. The Morgan fingerprint density at radius 2 is 2.00 bits per heavy atom. The van der Waals surface area contributed by atoms with Crippen molar-refractivity contribution in [2.45, 2.75) is 12.6 Å². The van der Waals surface area contributed by atoms with E-state index in [9.17, 15) is 13.2 Å². The molecule has 0 saturated carbocycles. The molecule has 144 valence electrons. The summed E-state index contributed by atoms with van der Waals surface area (Å²) in [5, 5.41) is 3.71. The number of aromatic nitrogens is 2. The molecule has 1 N–H and O–H groups in total. The molecular formula is C17H17ClF3N5S. The van der Waals surface area contributed by atoms with Crippen molar-refractivity contribution in [1.82, 2.24) is 14.9 Å².